The molecule has 24 heavy (non-hydrogen) atoms. The lowest BCUT2D eigenvalue weighted by Crippen LogP contribution is -2.36. The summed E-state index contributed by atoms with van der Waals surface area (Å²) in [5.74, 6) is 0.715. The van der Waals surface area contributed by atoms with Crippen LogP contribution >= 0.6 is 0 Å². The van der Waals surface area contributed by atoms with Gasteiger partial charge >= 0.3 is 0 Å². The lowest BCUT2D eigenvalue weighted by atomic mass is 10.1. The van der Waals surface area contributed by atoms with Gasteiger partial charge in [0.1, 0.15) is 5.75 Å². The summed E-state index contributed by atoms with van der Waals surface area (Å²) in [6.45, 7) is 3.11. The van der Waals surface area contributed by atoms with Crippen molar-refractivity contribution in [1.82, 2.24) is 15.2 Å². The van der Waals surface area contributed by atoms with Crippen LogP contribution in [0, 0.1) is 12.8 Å². The number of nitrogens with one attached hydrogen (secondary N) is 1. The van der Waals surface area contributed by atoms with Crippen LogP contribution in [0.5, 0.6) is 5.75 Å². The van der Waals surface area contributed by atoms with E-state index in [-0.39, 0.29) is 17.7 Å². The van der Waals surface area contributed by atoms with Crippen LogP contribution in [0.15, 0.2) is 12.3 Å². The van der Waals surface area contributed by atoms with Gasteiger partial charge in [0.15, 0.2) is 0 Å². The molecule has 0 aromatic carbocycles. The number of aryl methyl sites for hydroxylation is 1. The van der Waals surface area contributed by atoms with Crippen LogP contribution in [0.4, 0.5) is 0 Å². The molecule has 1 aliphatic carbocycles. The smallest absolute Gasteiger partial charge is 0.255 e. The van der Waals surface area contributed by atoms with Gasteiger partial charge in [0.25, 0.3) is 5.91 Å². The standard InChI is InChI=1S/C18H25N3O3/c1-12-7-15(16(24-2)10-19-12)18(23)20-9-13-8-17(22)21(11-13)14-5-3-4-6-14/h7,10,13-14H,3-6,8-9,11H2,1-2H3,(H,20,23). The second-order valence-electron chi connectivity index (χ2n) is 6.79. The van der Waals surface area contributed by atoms with E-state index in [0.29, 0.717) is 30.3 Å². The molecule has 1 saturated carbocycles. The average Bonchev–Trinajstić information content (AvgIpc) is 3.21. The molecule has 0 bridgehead atoms. The highest BCUT2D eigenvalue weighted by Crippen LogP contribution is 2.29. The van der Waals surface area contributed by atoms with Gasteiger partial charge in [-0.05, 0) is 25.8 Å². The van der Waals surface area contributed by atoms with Crippen LogP contribution in [0.3, 0.4) is 0 Å². The maximum atomic E-state index is 12.4. The lowest BCUT2D eigenvalue weighted by molar-refractivity contribution is -0.129. The zero-order valence-electron chi connectivity index (χ0n) is 14.4. The van der Waals surface area contributed by atoms with Crippen molar-refractivity contribution < 1.29 is 14.3 Å². The first kappa shape index (κ1) is 16.7. The predicted molar refractivity (Wildman–Crippen MR) is 89.9 cm³/mol. The van der Waals surface area contributed by atoms with Crippen molar-refractivity contribution in [2.45, 2.75) is 45.1 Å². The quantitative estimate of drug-likeness (QED) is 0.895. The number of methoxy groups -OCH3 is 1. The van der Waals surface area contributed by atoms with Crippen molar-refractivity contribution >= 4 is 11.8 Å². The molecule has 2 heterocycles. The topological polar surface area (TPSA) is 71.5 Å². The Hall–Kier alpha value is -2.11. The number of ether oxygens (including phenoxy) is 1. The van der Waals surface area contributed by atoms with E-state index in [9.17, 15) is 9.59 Å². The van der Waals surface area contributed by atoms with Crippen LogP contribution in [0.25, 0.3) is 0 Å². The summed E-state index contributed by atoms with van der Waals surface area (Å²) in [7, 11) is 1.53. The summed E-state index contributed by atoms with van der Waals surface area (Å²) in [6, 6.07) is 2.14. The molecular formula is C18H25N3O3. The van der Waals surface area contributed by atoms with Gasteiger partial charge in [-0.1, -0.05) is 12.8 Å². The summed E-state index contributed by atoms with van der Waals surface area (Å²) in [5.41, 5.74) is 1.26. The van der Waals surface area contributed by atoms with E-state index in [1.54, 1.807) is 12.3 Å². The Balaban J connectivity index is 1.57. The van der Waals surface area contributed by atoms with Crippen molar-refractivity contribution in [2.75, 3.05) is 20.2 Å². The van der Waals surface area contributed by atoms with Gasteiger partial charge < -0.3 is 15.0 Å². The average molecular weight is 331 g/mol. The first-order valence-electron chi connectivity index (χ1n) is 8.66. The molecule has 1 atom stereocenters. The summed E-state index contributed by atoms with van der Waals surface area (Å²) in [5, 5.41) is 2.95. The SMILES string of the molecule is COc1cnc(C)cc1C(=O)NCC1CC(=O)N(C2CCCC2)C1. The molecule has 3 rings (SSSR count). The molecule has 0 spiro atoms. The molecule has 6 nitrogen and oxygen atoms in total. The number of nitrogens with zero attached hydrogens (tertiary/aromatic N) is 2. The second-order valence-corrected chi connectivity index (χ2v) is 6.79. The van der Waals surface area contributed by atoms with Crippen molar-refractivity contribution in [2.24, 2.45) is 5.92 Å². The number of pyridine rings is 1. The van der Waals surface area contributed by atoms with Gasteiger partial charge in [-0.3, -0.25) is 14.6 Å². The fourth-order valence-electron chi connectivity index (χ4n) is 3.73. The van der Waals surface area contributed by atoms with Crippen LogP contribution in [-0.4, -0.2) is 47.9 Å². The van der Waals surface area contributed by atoms with Crippen LogP contribution in [0.2, 0.25) is 0 Å². The van der Waals surface area contributed by atoms with E-state index in [0.717, 1.165) is 25.1 Å². The van der Waals surface area contributed by atoms with E-state index in [1.807, 2.05) is 11.8 Å². The number of hydrogen-bond acceptors (Lipinski definition) is 4. The van der Waals surface area contributed by atoms with E-state index in [4.69, 9.17) is 4.74 Å². The second kappa shape index (κ2) is 7.20. The third-order valence-electron chi connectivity index (χ3n) is 5.02. The van der Waals surface area contributed by atoms with Crippen molar-refractivity contribution in [3.63, 3.8) is 0 Å². The van der Waals surface area contributed by atoms with Crippen molar-refractivity contribution in [1.29, 1.82) is 0 Å². The Kier molecular flexibility index (Phi) is 5.02. The minimum absolute atomic E-state index is 0.177. The number of aromatic nitrogens is 1. The van der Waals surface area contributed by atoms with Crippen molar-refractivity contribution in [3.8, 4) is 5.75 Å². The Morgan fingerprint density at radius 1 is 1.42 bits per heavy atom. The largest absolute Gasteiger partial charge is 0.494 e. The predicted octanol–water partition coefficient (Wildman–Crippen LogP) is 1.92. The highest BCUT2D eigenvalue weighted by molar-refractivity contribution is 5.97. The Morgan fingerprint density at radius 2 is 2.17 bits per heavy atom. The summed E-state index contributed by atoms with van der Waals surface area (Å²) in [4.78, 5) is 30.8. The van der Waals surface area contributed by atoms with Gasteiger partial charge in [0.05, 0.1) is 18.9 Å². The van der Waals surface area contributed by atoms with Gasteiger partial charge in [-0.25, -0.2) is 0 Å². The number of likely N-dealkylation sites (tertiary alicyclic amines) is 1. The summed E-state index contributed by atoms with van der Waals surface area (Å²) in [6.07, 6.45) is 6.78. The maximum absolute atomic E-state index is 12.4. The normalized spacial score (nSPS) is 21.3. The van der Waals surface area contributed by atoms with Gasteiger partial charge in [-0.15, -0.1) is 0 Å². The number of carbonyl (C=O) groups is 2. The van der Waals surface area contributed by atoms with Crippen LogP contribution in [-0.2, 0) is 4.79 Å². The zero-order valence-corrected chi connectivity index (χ0v) is 14.4. The molecule has 1 unspecified atom stereocenters. The number of hydrogen-bond donors (Lipinski definition) is 1. The highest BCUT2D eigenvalue weighted by atomic mass is 16.5. The summed E-state index contributed by atoms with van der Waals surface area (Å²) >= 11 is 0. The molecule has 1 aliphatic heterocycles. The Labute approximate surface area is 142 Å². The van der Waals surface area contributed by atoms with Gasteiger partial charge in [0, 0.05) is 37.2 Å². The Morgan fingerprint density at radius 3 is 2.88 bits per heavy atom. The first-order chi connectivity index (χ1) is 11.6. The minimum atomic E-state index is -0.177. The fourth-order valence-corrected chi connectivity index (χ4v) is 3.73. The lowest BCUT2D eigenvalue weighted by Gasteiger charge is -2.24. The van der Waals surface area contributed by atoms with E-state index >= 15 is 0 Å². The first-order valence-corrected chi connectivity index (χ1v) is 8.66. The summed E-state index contributed by atoms with van der Waals surface area (Å²) < 4.78 is 5.21. The third-order valence-corrected chi connectivity index (χ3v) is 5.02. The molecule has 6 heteroatoms. The van der Waals surface area contributed by atoms with E-state index in [1.165, 1.54) is 20.0 Å². The fraction of sp³-hybridized carbons (Fsp3) is 0.611. The van der Waals surface area contributed by atoms with Crippen LogP contribution in [0.1, 0.15) is 48.2 Å². The zero-order chi connectivity index (χ0) is 17.1. The molecular weight excluding hydrogens is 306 g/mol. The molecule has 2 aliphatic rings. The number of rotatable bonds is 5. The number of carbonyl (C=O) groups excluding carboxylic acids is 2. The molecule has 1 aromatic heterocycles. The molecule has 2 fully saturated rings. The van der Waals surface area contributed by atoms with E-state index < -0.39 is 0 Å². The monoisotopic (exact) mass is 331 g/mol. The maximum Gasteiger partial charge on any atom is 0.255 e. The Bertz CT molecular complexity index is 626. The molecule has 1 aromatic rings. The van der Waals surface area contributed by atoms with Gasteiger partial charge in [-0.2, -0.15) is 0 Å². The van der Waals surface area contributed by atoms with Crippen molar-refractivity contribution in [3.05, 3.63) is 23.5 Å². The molecule has 0 radical (unpaired) electrons. The van der Waals surface area contributed by atoms with Gasteiger partial charge in [0.2, 0.25) is 5.91 Å². The minimum Gasteiger partial charge on any atom is -0.494 e. The van der Waals surface area contributed by atoms with Crippen LogP contribution < -0.4 is 10.1 Å². The number of amides is 2. The molecule has 130 valence electrons. The highest BCUT2D eigenvalue weighted by Gasteiger charge is 2.35. The van der Waals surface area contributed by atoms with E-state index in [2.05, 4.69) is 10.3 Å². The molecule has 2 amide bonds. The third kappa shape index (κ3) is 3.52. The molecule has 1 saturated heterocycles. The molecule has 1 N–H and O–H groups in total.